The second-order valence-electron chi connectivity index (χ2n) is 4.16. The molecule has 0 fully saturated rings. The number of ether oxygens (including phenoxy) is 1. The van der Waals surface area contributed by atoms with Crippen LogP contribution in [0.15, 0.2) is 12.3 Å². The molecule has 0 aliphatic rings. The average Bonchev–Trinajstić information content (AvgIpc) is 2.15. The molecule has 1 heterocycles. The first-order valence-corrected chi connectivity index (χ1v) is 4.62. The quantitative estimate of drug-likeness (QED) is 0.682. The molecule has 0 bridgehead atoms. The van der Waals surface area contributed by atoms with Gasteiger partial charge in [0.25, 0.3) is 0 Å². The summed E-state index contributed by atoms with van der Waals surface area (Å²) in [6.45, 7) is 5.05. The van der Waals surface area contributed by atoms with Gasteiger partial charge in [-0.1, -0.05) is 0 Å². The Kier molecular flexibility index (Phi) is 3.23. The predicted molar refractivity (Wildman–Crippen MR) is 54.1 cm³/mol. The van der Waals surface area contributed by atoms with E-state index in [0.717, 1.165) is 12.3 Å². The Morgan fingerprint density at radius 1 is 1.56 bits per heavy atom. The first kappa shape index (κ1) is 12.1. The first-order valence-electron chi connectivity index (χ1n) is 4.62. The summed E-state index contributed by atoms with van der Waals surface area (Å²) < 4.78 is 17.9. The lowest BCUT2D eigenvalue weighted by atomic mass is 10.1. The number of nitrogens with zero attached hydrogens (tertiary/aromatic N) is 2. The summed E-state index contributed by atoms with van der Waals surface area (Å²) in [4.78, 5) is 15.1. The number of carbonyl (C=O) groups is 1. The van der Waals surface area contributed by atoms with Gasteiger partial charge in [-0.05, 0) is 26.8 Å². The van der Waals surface area contributed by atoms with Crippen molar-refractivity contribution in [1.82, 2.24) is 4.98 Å². The molecule has 1 aromatic rings. The minimum Gasteiger partial charge on any atom is -0.456 e. The van der Waals surface area contributed by atoms with Crippen LogP contribution in [-0.4, -0.2) is 16.6 Å². The maximum atomic E-state index is 12.9. The van der Waals surface area contributed by atoms with Gasteiger partial charge >= 0.3 is 5.97 Å². The summed E-state index contributed by atoms with van der Waals surface area (Å²) in [6, 6.07) is 2.65. The summed E-state index contributed by atoms with van der Waals surface area (Å²) in [5.41, 5.74) is -0.996. The van der Waals surface area contributed by atoms with Gasteiger partial charge < -0.3 is 4.74 Å². The smallest absolute Gasteiger partial charge is 0.341 e. The second-order valence-corrected chi connectivity index (χ2v) is 4.16. The van der Waals surface area contributed by atoms with Crippen molar-refractivity contribution in [3.63, 3.8) is 0 Å². The minimum atomic E-state index is -0.754. The molecule has 16 heavy (non-hydrogen) atoms. The zero-order valence-corrected chi connectivity index (χ0v) is 9.24. The molecule has 5 heteroatoms. The number of esters is 1. The lowest BCUT2D eigenvalue weighted by Gasteiger charge is -2.19. The molecule has 0 aliphatic heterocycles. The molecule has 0 aromatic carbocycles. The molecule has 0 N–H and O–H groups in total. The van der Waals surface area contributed by atoms with Gasteiger partial charge in [0.2, 0.25) is 0 Å². The Bertz CT molecular complexity index is 458. The molecule has 0 unspecified atom stereocenters. The topological polar surface area (TPSA) is 63.0 Å². The molecule has 0 radical (unpaired) electrons. The van der Waals surface area contributed by atoms with E-state index >= 15 is 0 Å². The molecule has 1 rings (SSSR count). The summed E-state index contributed by atoms with van der Waals surface area (Å²) in [5, 5.41) is 8.71. The van der Waals surface area contributed by atoms with Crippen molar-refractivity contribution in [2.45, 2.75) is 26.4 Å². The number of hydrogen-bond acceptors (Lipinski definition) is 4. The molecule has 0 saturated heterocycles. The van der Waals surface area contributed by atoms with E-state index in [1.54, 1.807) is 26.8 Å². The molecular formula is C11H11FN2O2. The van der Waals surface area contributed by atoms with Gasteiger partial charge in [0.15, 0.2) is 5.69 Å². The van der Waals surface area contributed by atoms with Crippen molar-refractivity contribution in [3.8, 4) is 6.07 Å². The highest BCUT2D eigenvalue weighted by molar-refractivity contribution is 5.91. The maximum absolute atomic E-state index is 12.9. The van der Waals surface area contributed by atoms with Crippen LogP contribution in [0.2, 0.25) is 0 Å². The van der Waals surface area contributed by atoms with E-state index in [4.69, 9.17) is 10.00 Å². The van der Waals surface area contributed by atoms with Gasteiger partial charge in [-0.15, -0.1) is 0 Å². The monoisotopic (exact) mass is 222 g/mol. The highest BCUT2D eigenvalue weighted by Crippen LogP contribution is 2.14. The van der Waals surface area contributed by atoms with E-state index < -0.39 is 17.4 Å². The van der Waals surface area contributed by atoms with Crippen LogP contribution in [0.5, 0.6) is 0 Å². The van der Waals surface area contributed by atoms with E-state index in [1.807, 2.05) is 0 Å². The van der Waals surface area contributed by atoms with Gasteiger partial charge in [0, 0.05) is 0 Å². The standard InChI is InChI=1S/C11H11FN2O2/c1-11(2,3)16-10(15)8-4-7(12)6-14-9(8)5-13/h4,6H,1-3H3. The molecular weight excluding hydrogens is 211 g/mol. The third-order valence-electron chi connectivity index (χ3n) is 1.58. The van der Waals surface area contributed by atoms with Gasteiger partial charge in [-0.3, -0.25) is 0 Å². The van der Waals surface area contributed by atoms with Gasteiger partial charge in [-0.2, -0.15) is 5.26 Å². The number of nitriles is 1. The van der Waals surface area contributed by atoms with Crippen LogP contribution >= 0.6 is 0 Å². The fourth-order valence-corrected chi connectivity index (χ4v) is 1.02. The van der Waals surface area contributed by atoms with Crippen LogP contribution in [0.3, 0.4) is 0 Å². The Morgan fingerprint density at radius 3 is 2.69 bits per heavy atom. The predicted octanol–water partition coefficient (Wildman–Crippen LogP) is 2.05. The van der Waals surface area contributed by atoms with Crippen LogP contribution in [0.1, 0.15) is 36.8 Å². The van der Waals surface area contributed by atoms with Crippen molar-refractivity contribution < 1.29 is 13.9 Å². The Labute approximate surface area is 92.7 Å². The molecule has 1 aromatic heterocycles. The van der Waals surface area contributed by atoms with Crippen molar-refractivity contribution in [3.05, 3.63) is 29.3 Å². The highest BCUT2D eigenvalue weighted by atomic mass is 19.1. The summed E-state index contributed by atoms with van der Waals surface area (Å²) in [5.74, 6) is -1.43. The Hall–Kier alpha value is -1.96. The summed E-state index contributed by atoms with van der Waals surface area (Å²) in [6.07, 6.45) is 0.881. The minimum absolute atomic E-state index is 0.143. The van der Waals surface area contributed by atoms with Crippen LogP contribution in [0.25, 0.3) is 0 Å². The van der Waals surface area contributed by atoms with Gasteiger partial charge in [-0.25, -0.2) is 14.2 Å². The molecule has 0 aliphatic carbocycles. The third kappa shape index (κ3) is 3.02. The average molecular weight is 222 g/mol. The van der Waals surface area contributed by atoms with Crippen LogP contribution in [0.4, 0.5) is 4.39 Å². The lowest BCUT2D eigenvalue weighted by Crippen LogP contribution is -2.24. The van der Waals surface area contributed by atoms with Crippen LogP contribution < -0.4 is 0 Å². The van der Waals surface area contributed by atoms with E-state index in [0.29, 0.717) is 0 Å². The molecule has 4 nitrogen and oxygen atoms in total. The number of halogens is 1. The number of pyridine rings is 1. The number of aromatic nitrogens is 1. The van der Waals surface area contributed by atoms with E-state index in [9.17, 15) is 9.18 Å². The first-order chi connectivity index (χ1) is 7.33. The van der Waals surface area contributed by atoms with Crippen molar-refractivity contribution in [1.29, 1.82) is 5.26 Å². The largest absolute Gasteiger partial charge is 0.456 e. The van der Waals surface area contributed by atoms with Crippen molar-refractivity contribution >= 4 is 5.97 Å². The summed E-state index contributed by atoms with van der Waals surface area (Å²) >= 11 is 0. The second kappa shape index (κ2) is 4.27. The number of rotatable bonds is 1. The molecule has 0 atom stereocenters. The molecule has 84 valence electrons. The summed E-state index contributed by atoms with van der Waals surface area (Å²) in [7, 11) is 0. The van der Waals surface area contributed by atoms with Crippen LogP contribution in [-0.2, 0) is 4.74 Å². The lowest BCUT2D eigenvalue weighted by molar-refractivity contribution is 0.00681. The number of carbonyl (C=O) groups excluding carboxylic acids is 1. The molecule has 0 amide bonds. The van der Waals surface area contributed by atoms with Crippen molar-refractivity contribution in [2.75, 3.05) is 0 Å². The zero-order valence-electron chi connectivity index (χ0n) is 9.24. The van der Waals surface area contributed by atoms with Gasteiger partial charge in [0.1, 0.15) is 17.5 Å². The van der Waals surface area contributed by atoms with E-state index in [-0.39, 0.29) is 11.3 Å². The Balaban J connectivity index is 3.08. The SMILES string of the molecule is CC(C)(C)OC(=O)c1cc(F)cnc1C#N. The van der Waals surface area contributed by atoms with Crippen LogP contribution in [0, 0.1) is 17.1 Å². The fourth-order valence-electron chi connectivity index (χ4n) is 1.02. The Morgan fingerprint density at radius 2 is 2.19 bits per heavy atom. The third-order valence-corrected chi connectivity index (χ3v) is 1.58. The zero-order chi connectivity index (χ0) is 12.3. The van der Waals surface area contributed by atoms with E-state index in [2.05, 4.69) is 4.98 Å². The normalized spacial score (nSPS) is 10.7. The molecule has 0 spiro atoms. The van der Waals surface area contributed by atoms with Crippen molar-refractivity contribution in [2.24, 2.45) is 0 Å². The number of hydrogen-bond donors (Lipinski definition) is 0. The van der Waals surface area contributed by atoms with E-state index in [1.165, 1.54) is 0 Å². The molecule has 0 saturated carbocycles. The highest BCUT2D eigenvalue weighted by Gasteiger charge is 2.21. The fraction of sp³-hybridized carbons (Fsp3) is 0.364. The van der Waals surface area contributed by atoms with Gasteiger partial charge in [0.05, 0.1) is 11.8 Å². The maximum Gasteiger partial charge on any atom is 0.341 e.